The number of carbonyl (C=O) groups excluding carboxylic acids is 1. The van der Waals surface area contributed by atoms with Gasteiger partial charge in [-0.15, -0.1) is 0 Å². The lowest BCUT2D eigenvalue weighted by Gasteiger charge is -2.17. The first kappa shape index (κ1) is 20.4. The summed E-state index contributed by atoms with van der Waals surface area (Å²) in [5.41, 5.74) is 3.39. The second-order valence-corrected chi connectivity index (χ2v) is 7.44. The van der Waals surface area contributed by atoms with Crippen molar-refractivity contribution >= 4 is 29.1 Å². The molecule has 146 valence electrons. The molecule has 0 bridgehead atoms. The van der Waals surface area contributed by atoms with Gasteiger partial charge in [-0.1, -0.05) is 60.0 Å². The van der Waals surface area contributed by atoms with Gasteiger partial charge in [0.15, 0.2) is 0 Å². The van der Waals surface area contributed by atoms with Gasteiger partial charge < -0.3 is 4.90 Å². The first-order valence-electron chi connectivity index (χ1n) is 9.22. The molecule has 2 aromatic heterocycles. The molecule has 3 aromatic rings. The number of aromatic nitrogens is 3. The van der Waals surface area contributed by atoms with Crippen molar-refractivity contribution in [2.24, 2.45) is 0 Å². The standard InChI is InChI=1S/C21H22Cl2N4O/c1-27(21(28)20-17(22)11-12-19(23)24-20)13-7-3-6-10-16-14-18(26-25-16)15-8-4-2-5-9-15/h2,4-5,8-9,11-12,14H,3,6-7,10,13H2,1H3,(H,25,26). The Morgan fingerprint density at radius 2 is 1.86 bits per heavy atom. The molecule has 0 aliphatic rings. The number of nitrogens with one attached hydrogen (secondary N) is 1. The summed E-state index contributed by atoms with van der Waals surface area (Å²) in [6.45, 7) is 0.640. The van der Waals surface area contributed by atoms with Crippen molar-refractivity contribution in [3.05, 3.63) is 70.1 Å². The van der Waals surface area contributed by atoms with Crippen molar-refractivity contribution in [3.8, 4) is 11.3 Å². The summed E-state index contributed by atoms with van der Waals surface area (Å²) in [6.07, 6.45) is 3.86. The number of halogens is 2. The van der Waals surface area contributed by atoms with Crippen LogP contribution in [0.25, 0.3) is 11.3 Å². The van der Waals surface area contributed by atoms with Crippen LogP contribution in [-0.2, 0) is 6.42 Å². The smallest absolute Gasteiger partial charge is 0.273 e. The molecule has 2 heterocycles. The van der Waals surface area contributed by atoms with E-state index in [1.54, 1.807) is 24.1 Å². The van der Waals surface area contributed by atoms with Crippen LogP contribution >= 0.6 is 23.2 Å². The zero-order valence-electron chi connectivity index (χ0n) is 15.7. The molecule has 1 N–H and O–H groups in total. The summed E-state index contributed by atoms with van der Waals surface area (Å²) in [7, 11) is 1.75. The maximum atomic E-state index is 12.4. The van der Waals surface area contributed by atoms with E-state index < -0.39 is 0 Å². The molecule has 0 atom stereocenters. The van der Waals surface area contributed by atoms with Crippen molar-refractivity contribution in [2.45, 2.75) is 25.7 Å². The van der Waals surface area contributed by atoms with Gasteiger partial charge in [-0.25, -0.2) is 4.98 Å². The summed E-state index contributed by atoms with van der Waals surface area (Å²) in [5, 5.41) is 8.06. The van der Waals surface area contributed by atoms with Gasteiger partial charge in [0.25, 0.3) is 5.91 Å². The van der Waals surface area contributed by atoms with Crippen LogP contribution < -0.4 is 0 Å². The first-order valence-corrected chi connectivity index (χ1v) is 9.97. The van der Waals surface area contributed by atoms with E-state index >= 15 is 0 Å². The number of aromatic amines is 1. The number of hydrogen-bond donors (Lipinski definition) is 1. The summed E-state index contributed by atoms with van der Waals surface area (Å²) < 4.78 is 0. The van der Waals surface area contributed by atoms with Crippen molar-refractivity contribution in [3.63, 3.8) is 0 Å². The Balaban J connectivity index is 1.42. The lowest BCUT2D eigenvalue weighted by atomic mass is 10.1. The number of unbranched alkanes of at least 4 members (excludes halogenated alkanes) is 2. The monoisotopic (exact) mass is 416 g/mol. The number of carbonyl (C=O) groups is 1. The lowest BCUT2D eigenvalue weighted by molar-refractivity contribution is 0.0787. The lowest BCUT2D eigenvalue weighted by Crippen LogP contribution is -2.28. The molecule has 0 unspecified atom stereocenters. The predicted octanol–water partition coefficient (Wildman–Crippen LogP) is 5.26. The Morgan fingerprint density at radius 3 is 2.64 bits per heavy atom. The number of H-pyrrole nitrogens is 1. The third kappa shape index (κ3) is 5.33. The SMILES string of the molecule is CN(CCCCCc1cc(-c2ccccc2)n[nH]1)C(=O)c1nc(Cl)ccc1Cl. The second-order valence-electron chi connectivity index (χ2n) is 6.65. The van der Waals surface area contributed by atoms with Crippen LogP contribution in [0, 0.1) is 0 Å². The molecular formula is C21H22Cl2N4O. The maximum absolute atomic E-state index is 12.4. The Morgan fingerprint density at radius 1 is 1.07 bits per heavy atom. The minimum atomic E-state index is -0.214. The number of amides is 1. The maximum Gasteiger partial charge on any atom is 0.273 e. The molecule has 7 heteroatoms. The molecule has 1 aromatic carbocycles. The normalized spacial score (nSPS) is 10.8. The van der Waals surface area contributed by atoms with E-state index in [0.29, 0.717) is 11.6 Å². The molecule has 0 fully saturated rings. The average molecular weight is 417 g/mol. The summed E-state index contributed by atoms with van der Waals surface area (Å²) >= 11 is 11.9. The fourth-order valence-electron chi connectivity index (χ4n) is 2.94. The van der Waals surface area contributed by atoms with Crippen LogP contribution in [0.2, 0.25) is 10.2 Å². The molecule has 3 rings (SSSR count). The Kier molecular flexibility index (Phi) is 7.06. The highest BCUT2D eigenvalue weighted by molar-refractivity contribution is 6.34. The van der Waals surface area contributed by atoms with Gasteiger partial charge in [0.1, 0.15) is 10.8 Å². The molecule has 0 saturated heterocycles. The van der Waals surface area contributed by atoms with Gasteiger partial charge >= 0.3 is 0 Å². The molecule has 0 aliphatic heterocycles. The zero-order chi connectivity index (χ0) is 19.9. The van der Waals surface area contributed by atoms with Crippen LogP contribution in [0.5, 0.6) is 0 Å². The molecule has 1 amide bonds. The number of benzene rings is 1. The summed E-state index contributed by atoms with van der Waals surface area (Å²) in [5.74, 6) is -0.214. The largest absolute Gasteiger partial charge is 0.340 e. The first-order chi connectivity index (χ1) is 13.5. The van der Waals surface area contributed by atoms with Gasteiger partial charge in [0.2, 0.25) is 0 Å². The molecule has 0 radical (unpaired) electrons. The van der Waals surface area contributed by atoms with Crippen LogP contribution in [0.15, 0.2) is 48.5 Å². The van der Waals surface area contributed by atoms with Gasteiger partial charge in [0.05, 0.1) is 10.7 Å². The van der Waals surface area contributed by atoms with E-state index in [9.17, 15) is 4.79 Å². The Bertz CT molecular complexity index is 927. The number of nitrogens with zero attached hydrogens (tertiary/aromatic N) is 3. The van der Waals surface area contributed by atoms with E-state index in [2.05, 4.69) is 21.2 Å². The van der Waals surface area contributed by atoms with E-state index in [1.165, 1.54) is 0 Å². The zero-order valence-corrected chi connectivity index (χ0v) is 17.2. The van der Waals surface area contributed by atoms with Gasteiger partial charge in [-0.2, -0.15) is 5.10 Å². The van der Waals surface area contributed by atoms with E-state index in [1.807, 2.05) is 30.3 Å². The van der Waals surface area contributed by atoms with E-state index in [0.717, 1.165) is 42.6 Å². The minimum absolute atomic E-state index is 0.197. The quantitative estimate of drug-likeness (QED) is 0.402. The fourth-order valence-corrected chi connectivity index (χ4v) is 3.27. The van der Waals surface area contributed by atoms with E-state index in [-0.39, 0.29) is 16.8 Å². The number of aryl methyl sites for hydroxylation is 1. The van der Waals surface area contributed by atoms with Crippen molar-refractivity contribution in [1.82, 2.24) is 20.1 Å². The van der Waals surface area contributed by atoms with Crippen LogP contribution in [0.1, 0.15) is 35.4 Å². The summed E-state index contributed by atoms with van der Waals surface area (Å²) in [4.78, 5) is 18.1. The molecule has 0 spiro atoms. The Hall–Kier alpha value is -2.37. The third-order valence-corrected chi connectivity index (χ3v) is 5.02. The van der Waals surface area contributed by atoms with Gasteiger partial charge in [-0.3, -0.25) is 9.89 Å². The number of rotatable bonds is 8. The van der Waals surface area contributed by atoms with Crippen molar-refractivity contribution in [1.29, 1.82) is 0 Å². The van der Waals surface area contributed by atoms with Crippen molar-refractivity contribution < 1.29 is 4.79 Å². The Labute approximate surface area is 174 Å². The predicted molar refractivity (Wildman–Crippen MR) is 113 cm³/mol. The highest BCUT2D eigenvalue weighted by Crippen LogP contribution is 2.19. The van der Waals surface area contributed by atoms with Gasteiger partial charge in [0, 0.05) is 24.8 Å². The number of pyridine rings is 1. The molecule has 5 nitrogen and oxygen atoms in total. The number of hydrogen-bond acceptors (Lipinski definition) is 3. The second kappa shape index (κ2) is 9.71. The van der Waals surface area contributed by atoms with E-state index in [4.69, 9.17) is 23.2 Å². The average Bonchev–Trinajstić information content (AvgIpc) is 3.18. The minimum Gasteiger partial charge on any atom is -0.340 e. The highest BCUT2D eigenvalue weighted by atomic mass is 35.5. The van der Waals surface area contributed by atoms with Gasteiger partial charge in [-0.05, 0) is 37.5 Å². The molecule has 0 aliphatic carbocycles. The van der Waals surface area contributed by atoms with Crippen LogP contribution in [0.4, 0.5) is 0 Å². The highest BCUT2D eigenvalue weighted by Gasteiger charge is 2.17. The molecule has 28 heavy (non-hydrogen) atoms. The molecule has 0 saturated carbocycles. The summed E-state index contributed by atoms with van der Waals surface area (Å²) in [6, 6.07) is 15.4. The third-order valence-electron chi connectivity index (χ3n) is 4.50. The van der Waals surface area contributed by atoms with Crippen LogP contribution in [0.3, 0.4) is 0 Å². The van der Waals surface area contributed by atoms with Crippen molar-refractivity contribution in [2.75, 3.05) is 13.6 Å². The fraction of sp³-hybridized carbons (Fsp3) is 0.286. The van der Waals surface area contributed by atoms with Crippen LogP contribution in [-0.4, -0.2) is 39.6 Å². The topological polar surface area (TPSA) is 61.9 Å². The molecular weight excluding hydrogens is 395 g/mol.